The van der Waals surface area contributed by atoms with Crippen LogP contribution < -0.4 is 35.3 Å². The van der Waals surface area contributed by atoms with Crippen LogP contribution >= 0.6 is 0 Å². The zero-order valence-electron chi connectivity index (χ0n) is 12.6. The molecule has 2 rings (SSSR count). The van der Waals surface area contributed by atoms with Crippen molar-refractivity contribution in [2.45, 2.75) is 18.7 Å². The first-order valence-corrected chi connectivity index (χ1v) is 7.52. The van der Waals surface area contributed by atoms with Gasteiger partial charge in [0.15, 0.2) is 0 Å². The van der Waals surface area contributed by atoms with Gasteiger partial charge in [-0.2, -0.15) is 5.11 Å². The molecule has 8 heteroatoms. The molecule has 0 saturated carbocycles. The minimum absolute atomic E-state index is 0. The largest absolute Gasteiger partial charge is 1.00 e. The second kappa shape index (κ2) is 7.34. The van der Waals surface area contributed by atoms with Crippen molar-refractivity contribution < 1.29 is 42.5 Å². The molecular weight excluding hydrogens is 313 g/mol. The van der Waals surface area contributed by atoms with E-state index >= 15 is 0 Å². The Kier molecular flexibility index (Phi) is 6.27. The molecule has 0 aromatic heterocycles. The molecule has 0 amide bonds. The summed E-state index contributed by atoms with van der Waals surface area (Å²) >= 11 is 0. The molecule has 22 heavy (non-hydrogen) atoms. The fourth-order valence-electron chi connectivity index (χ4n) is 1.74. The molecular formula is C14H14N3NaO3S. The number of rotatable bonds is 3. The Morgan fingerprint density at radius 3 is 2.23 bits per heavy atom. The number of nitrogen functional groups attached to an aromatic ring is 1. The van der Waals surface area contributed by atoms with Crippen LogP contribution in [0.1, 0.15) is 11.1 Å². The summed E-state index contributed by atoms with van der Waals surface area (Å²) in [5.74, 6) is 0. The van der Waals surface area contributed by atoms with E-state index < -0.39 is 10.1 Å². The minimum atomic E-state index is -4.46. The summed E-state index contributed by atoms with van der Waals surface area (Å²) in [7, 11) is -4.46. The maximum Gasteiger partial charge on any atom is 1.00 e. The van der Waals surface area contributed by atoms with E-state index in [-0.39, 0.29) is 34.5 Å². The fourth-order valence-corrected chi connectivity index (χ4v) is 2.30. The Labute approximate surface area is 151 Å². The molecule has 0 atom stereocenters. The Balaban J connectivity index is 0.00000242. The van der Waals surface area contributed by atoms with Crippen LogP contribution in [0.4, 0.5) is 17.1 Å². The summed E-state index contributed by atoms with van der Waals surface area (Å²) in [6.07, 6.45) is 0. The zero-order valence-corrected chi connectivity index (χ0v) is 15.4. The van der Waals surface area contributed by atoms with Gasteiger partial charge in [0, 0.05) is 0 Å². The molecule has 0 aliphatic carbocycles. The van der Waals surface area contributed by atoms with Gasteiger partial charge in [-0.05, 0) is 55.3 Å². The topological polar surface area (TPSA) is 108 Å². The van der Waals surface area contributed by atoms with Gasteiger partial charge in [-0.15, -0.1) is 5.11 Å². The summed E-state index contributed by atoms with van der Waals surface area (Å²) in [6, 6.07) is 9.33. The number of aryl methyl sites for hydroxylation is 2. The van der Waals surface area contributed by atoms with E-state index in [9.17, 15) is 13.0 Å². The van der Waals surface area contributed by atoms with Crippen LogP contribution in [0, 0.1) is 13.8 Å². The summed E-state index contributed by atoms with van der Waals surface area (Å²) in [4.78, 5) is -0.283. The van der Waals surface area contributed by atoms with E-state index in [4.69, 9.17) is 5.73 Å². The molecule has 0 radical (unpaired) electrons. The Morgan fingerprint density at radius 2 is 1.64 bits per heavy atom. The van der Waals surface area contributed by atoms with Crippen molar-refractivity contribution in [3.63, 3.8) is 0 Å². The maximum atomic E-state index is 10.9. The Hall–Kier alpha value is -1.25. The Morgan fingerprint density at radius 1 is 1.00 bits per heavy atom. The number of hydrogen-bond donors (Lipinski definition) is 1. The molecule has 2 N–H and O–H groups in total. The zero-order chi connectivity index (χ0) is 15.6. The molecule has 6 nitrogen and oxygen atoms in total. The van der Waals surface area contributed by atoms with Crippen molar-refractivity contribution >= 4 is 27.2 Å². The van der Waals surface area contributed by atoms with Crippen LogP contribution in [0.3, 0.4) is 0 Å². The van der Waals surface area contributed by atoms with Gasteiger partial charge in [0.2, 0.25) is 0 Å². The fraction of sp³-hybridized carbons (Fsp3) is 0.143. The van der Waals surface area contributed by atoms with Gasteiger partial charge >= 0.3 is 29.6 Å². The normalized spacial score (nSPS) is 11.4. The maximum absolute atomic E-state index is 10.9. The number of anilines is 1. The molecule has 0 saturated heterocycles. The third-order valence-electron chi connectivity index (χ3n) is 2.91. The first-order valence-electron chi connectivity index (χ1n) is 6.12. The number of azo groups is 1. The van der Waals surface area contributed by atoms with E-state index in [1.165, 1.54) is 18.2 Å². The number of nitrogens with two attached hydrogens (primary N) is 1. The summed E-state index contributed by atoms with van der Waals surface area (Å²) in [5, 5.41) is 8.11. The van der Waals surface area contributed by atoms with E-state index in [0.29, 0.717) is 22.6 Å². The number of hydrogen-bond acceptors (Lipinski definition) is 6. The quantitative estimate of drug-likeness (QED) is 0.376. The predicted molar refractivity (Wildman–Crippen MR) is 78.9 cm³/mol. The first kappa shape index (κ1) is 18.8. The third kappa shape index (κ3) is 4.62. The van der Waals surface area contributed by atoms with Gasteiger partial charge in [0.05, 0.1) is 16.3 Å². The molecule has 0 spiro atoms. The standard InChI is InChI=1S/C14H15N3O3S.Na/c1-9-3-5-12(15)14(7-9)17-16-13-6-4-11(8-10(13)2)21(18,19)20;/h3-8H,15H2,1-2H3,(H,18,19,20);/q;+1/p-1. The molecule has 0 aliphatic heterocycles. The number of nitrogens with zero attached hydrogens (tertiary/aromatic N) is 2. The van der Waals surface area contributed by atoms with Crippen molar-refractivity contribution in [2.75, 3.05) is 5.73 Å². The molecule has 0 aliphatic rings. The van der Waals surface area contributed by atoms with E-state index in [1.807, 2.05) is 13.0 Å². The van der Waals surface area contributed by atoms with Crippen LogP contribution in [0.25, 0.3) is 0 Å². The Bertz CT molecular complexity index is 820. The molecule has 110 valence electrons. The van der Waals surface area contributed by atoms with Gasteiger partial charge in [-0.3, -0.25) is 0 Å². The average molecular weight is 327 g/mol. The second-order valence-corrected chi connectivity index (χ2v) is 6.04. The minimum Gasteiger partial charge on any atom is -0.744 e. The second-order valence-electron chi connectivity index (χ2n) is 4.66. The van der Waals surface area contributed by atoms with Gasteiger partial charge in [0.1, 0.15) is 15.8 Å². The first-order chi connectivity index (χ1) is 9.77. The van der Waals surface area contributed by atoms with Crippen LogP contribution in [0.2, 0.25) is 0 Å². The molecule has 0 bridgehead atoms. The van der Waals surface area contributed by atoms with Crippen molar-refractivity contribution in [1.29, 1.82) is 0 Å². The molecule has 2 aromatic rings. The summed E-state index contributed by atoms with van der Waals surface area (Å²) < 4.78 is 32.8. The van der Waals surface area contributed by atoms with Gasteiger partial charge in [-0.1, -0.05) is 6.07 Å². The van der Waals surface area contributed by atoms with Crippen molar-refractivity contribution in [1.82, 2.24) is 0 Å². The van der Waals surface area contributed by atoms with Crippen molar-refractivity contribution in [3.8, 4) is 0 Å². The molecule has 0 heterocycles. The summed E-state index contributed by atoms with van der Waals surface area (Å²) in [6.45, 7) is 3.57. The van der Waals surface area contributed by atoms with Crippen LogP contribution in [0.15, 0.2) is 51.5 Å². The predicted octanol–water partition coefficient (Wildman–Crippen LogP) is 0.209. The van der Waals surface area contributed by atoms with Gasteiger partial charge in [-0.25, -0.2) is 8.42 Å². The van der Waals surface area contributed by atoms with Gasteiger partial charge in [0.25, 0.3) is 0 Å². The average Bonchev–Trinajstić information content (AvgIpc) is 2.40. The molecule has 0 unspecified atom stereocenters. The monoisotopic (exact) mass is 327 g/mol. The van der Waals surface area contributed by atoms with E-state index in [0.717, 1.165) is 5.56 Å². The van der Waals surface area contributed by atoms with Crippen molar-refractivity contribution in [2.24, 2.45) is 10.2 Å². The van der Waals surface area contributed by atoms with Crippen LogP contribution in [-0.4, -0.2) is 13.0 Å². The number of benzene rings is 2. The smallest absolute Gasteiger partial charge is 0.744 e. The molecule has 2 aromatic carbocycles. The third-order valence-corrected chi connectivity index (χ3v) is 3.74. The van der Waals surface area contributed by atoms with E-state index in [1.54, 1.807) is 19.1 Å². The SMILES string of the molecule is Cc1ccc(N)c(N=Nc2ccc(S(=O)(=O)[O-])cc2C)c1.[Na+]. The van der Waals surface area contributed by atoms with E-state index in [2.05, 4.69) is 10.2 Å². The van der Waals surface area contributed by atoms with Crippen LogP contribution in [-0.2, 0) is 10.1 Å². The van der Waals surface area contributed by atoms with Crippen LogP contribution in [0.5, 0.6) is 0 Å². The summed E-state index contributed by atoms with van der Waals surface area (Å²) in [5.41, 5.74) is 8.86. The van der Waals surface area contributed by atoms with Gasteiger partial charge < -0.3 is 10.3 Å². The molecule has 0 fully saturated rings. The van der Waals surface area contributed by atoms with Crippen molar-refractivity contribution in [3.05, 3.63) is 47.5 Å².